The highest BCUT2D eigenvalue weighted by Crippen LogP contribution is 2.30. The van der Waals surface area contributed by atoms with E-state index in [4.69, 9.17) is 0 Å². The van der Waals surface area contributed by atoms with Crippen LogP contribution in [0.1, 0.15) is 18.4 Å². The molecular formula is C12H13F3O4S. The summed E-state index contributed by atoms with van der Waals surface area (Å²) < 4.78 is 65.6. The minimum atomic E-state index is -4.60. The van der Waals surface area contributed by atoms with Gasteiger partial charge in [0.05, 0.1) is 23.3 Å². The molecule has 0 saturated heterocycles. The van der Waals surface area contributed by atoms with E-state index in [0.29, 0.717) is 6.07 Å². The predicted octanol–water partition coefficient (Wildman–Crippen LogP) is 2.43. The number of benzene rings is 1. The van der Waals surface area contributed by atoms with Crippen LogP contribution in [0.5, 0.6) is 0 Å². The van der Waals surface area contributed by atoms with Crippen molar-refractivity contribution in [2.45, 2.75) is 23.9 Å². The Hall–Kier alpha value is -1.57. The van der Waals surface area contributed by atoms with Gasteiger partial charge in [0.2, 0.25) is 0 Å². The molecule has 112 valence electrons. The van der Waals surface area contributed by atoms with E-state index in [1.54, 1.807) is 0 Å². The molecule has 1 rings (SSSR count). The second-order valence-corrected chi connectivity index (χ2v) is 6.13. The molecule has 0 radical (unpaired) electrons. The molecule has 0 N–H and O–H groups in total. The quantitative estimate of drug-likeness (QED) is 0.784. The van der Waals surface area contributed by atoms with Crippen molar-refractivity contribution in [1.29, 1.82) is 0 Å². The van der Waals surface area contributed by atoms with Crippen LogP contribution in [-0.2, 0) is 25.5 Å². The summed E-state index contributed by atoms with van der Waals surface area (Å²) in [5.74, 6) is -0.979. The van der Waals surface area contributed by atoms with E-state index in [2.05, 4.69) is 4.74 Å². The predicted molar refractivity (Wildman–Crippen MR) is 64.7 cm³/mol. The molecule has 0 saturated carbocycles. The standard InChI is InChI=1S/C12H13F3O4S/c1-19-11(16)6-3-7-20(17,18)10-5-2-4-9(8-10)12(13,14)15/h2,4-5,8H,3,6-7H2,1H3. The summed E-state index contributed by atoms with van der Waals surface area (Å²) in [5, 5.41) is 0. The van der Waals surface area contributed by atoms with E-state index < -0.39 is 38.2 Å². The van der Waals surface area contributed by atoms with Gasteiger partial charge in [0, 0.05) is 6.42 Å². The lowest BCUT2D eigenvalue weighted by Crippen LogP contribution is -2.11. The number of hydrogen-bond acceptors (Lipinski definition) is 4. The summed E-state index contributed by atoms with van der Waals surface area (Å²) in [7, 11) is -2.68. The third-order valence-corrected chi connectivity index (χ3v) is 4.34. The van der Waals surface area contributed by atoms with Gasteiger partial charge in [-0.1, -0.05) is 6.07 Å². The molecule has 0 bridgehead atoms. The first kappa shape index (κ1) is 16.5. The number of halogens is 3. The van der Waals surface area contributed by atoms with Crippen molar-refractivity contribution in [3.63, 3.8) is 0 Å². The van der Waals surface area contributed by atoms with Gasteiger partial charge in [-0.3, -0.25) is 4.79 Å². The molecule has 0 aliphatic carbocycles. The highest BCUT2D eigenvalue weighted by atomic mass is 32.2. The Morgan fingerprint density at radius 1 is 1.30 bits per heavy atom. The molecule has 0 aromatic heterocycles. The summed E-state index contributed by atoms with van der Waals surface area (Å²) in [5.41, 5.74) is -1.02. The van der Waals surface area contributed by atoms with Gasteiger partial charge >= 0.3 is 12.1 Å². The Kier molecular flexibility index (Phi) is 5.15. The second kappa shape index (κ2) is 6.25. The van der Waals surface area contributed by atoms with Crippen molar-refractivity contribution < 1.29 is 31.1 Å². The lowest BCUT2D eigenvalue weighted by molar-refractivity contribution is -0.140. The van der Waals surface area contributed by atoms with Crippen molar-refractivity contribution in [2.75, 3.05) is 12.9 Å². The third kappa shape index (κ3) is 4.52. The van der Waals surface area contributed by atoms with Gasteiger partial charge in [0.1, 0.15) is 0 Å². The average molecular weight is 310 g/mol. The number of hydrogen-bond donors (Lipinski definition) is 0. The van der Waals surface area contributed by atoms with Crippen LogP contribution in [0.2, 0.25) is 0 Å². The van der Waals surface area contributed by atoms with Crippen LogP contribution in [0.15, 0.2) is 29.2 Å². The Labute approximate surface area is 114 Å². The van der Waals surface area contributed by atoms with E-state index in [-0.39, 0.29) is 12.8 Å². The Balaban J connectivity index is 2.85. The van der Waals surface area contributed by atoms with Crippen molar-refractivity contribution in [2.24, 2.45) is 0 Å². The summed E-state index contributed by atoms with van der Waals surface area (Å²) in [6.07, 6.45) is -4.71. The molecule has 0 spiro atoms. The van der Waals surface area contributed by atoms with Gasteiger partial charge in [-0.25, -0.2) is 8.42 Å². The third-order valence-electron chi connectivity index (χ3n) is 2.54. The fourth-order valence-electron chi connectivity index (χ4n) is 1.49. The minimum Gasteiger partial charge on any atom is -0.469 e. The van der Waals surface area contributed by atoms with E-state index >= 15 is 0 Å². The first-order valence-corrected chi connectivity index (χ1v) is 7.29. The largest absolute Gasteiger partial charge is 0.469 e. The Morgan fingerprint density at radius 3 is 2.50 bits per heavy atom. The zero-order valence-electron chi connectivity index (χ0n) is 10.6. The van der Waals surface area contributed by atoms with E-state index in [1.807, 2.05) is 0 Å². The highest BCUT2D eigenvalue weighted by molar-refractivity contribution is 7.91. The molecular weight excluding hydrogens is 297 g/mol. The molecule has 0 aliphatic heterocycles. The molecule has 0 aliphatic rings. The number of rotatable bonds is 5. The van der Waals surface area contributed by atoms with Gasteiger partial charge in [-0.05, 0) is 24.6 Å². The van der Waals surface area contributed by atoms with E-state index in [1.165, 1.54) is 7.11 Å². The number of alkyl halides is 3. The lowest BCUT2D eigenvalue weighted by Gasteiger charge is -2.09. The van der Waals surface area contributed by atoms with Crippen molar-refractivity contribution in [3.8, 4) is 0 Å². The maximum atomic E-state index is 12.5. The molecule has 4 nitrogen and oxygen atoms in total. The maximum absolute atomic E-state index is 12.5. The fourth-order valence-corrected chi connectivity index (χ4v) is 2.84. The van der Waals surface area contributed by atoms with Gasteiger partial charge in [-0.2, -0.15) is 13.2 Å². The number of sulfone groups is 1. The van der Waals surface area contributed by atoms with E-state index in [0.717, 1.165) is 18.2 Å². The Bertz CT molecular complexity index is 579. The van der Waals surface area contributed by atoms with Crippen LogP contribution in [-0.4, -0.2) is 27.2 Å². The molecule has 8 heteroatoms. The molecule has 1 aromatic rings. The van der Waals surface area contributed by atoms with E-state index in [9.17, 15) is 26.4 Å². The summed E-state index contributed by atoms with van der Waals surface area (Å²) in [6, 6.07) is 3.53. The fraction of sp³-hybridized carbons (Fsp3) is 0.417. The molecule has 1 aromatic carbocycles. The van der Waals surface area contributed by atoms with Crippen LogP contribution in [0.25, 0.3) is 0 Å². The van der Waals surface area contributed by atoms with Crippen LogP contribution in [0.4, 0.5) is 13.2 Å². The number of esters is 1. The van der Waals surface area contributed by atoms with Gasteiger partial charge in [0.25, 0.3) is 0 Å². The number of ether oxygens (including phenoxy) is 1. The second-order valence-electron chi connectivity index (χ2n) is 4.02. The topological polar surface area (TPSA) is 60.4 Å². The number of carbonyl (C=O) groups is 1. The summed E-state index contributed by atoms with van der Waals surface area (Å²) >= 11 is 0. The highest BCUT2D eigenvalue weighted by Gasteiger charge is 2.31. The number of carbonyl (C=O) groups excluding carboxylic acids is 1. The first-order chi connectivity index (χ1) is 9.16. The summed E-state index contributed by atoms with van der Waals surface area (Å²) in [4.78, 5) is 10.4. The molecule has 0 unspecified atom stereocenters. The zero-order chi connectivity index (χ0) is 15.4. The molecule has 0 amide bonds. The van der Waals surface area contributed by atoms with Crippen molar-refractivity contribution in [3.05, 3.63) is 29.8 Å². The molecule has 0 fully saturated rings. The maximum Gasteiger partial charge on any atom is 0.416 e. The molecule has 20 heavy (non-hydrogen) atoms. The smallest absolute Gasteiger partial charge is 0.416 e. The van der Waals surface area contributed by atoms with Crippen molar-refractivity contribution >= 4 is 15.8 Å². The monoisotopic (exact) mass is 310 g/mol. The average Bonchev–Trinajstić information content (AvgIpc) is 2.37. The lowest BCUT2D eigenvalue weighted by atomic mass is 10.2. The SMILES string of the molecule is COC(=O)CCCS(=O)(=O)c1cccc(C(F)(F)F)c1. The van der Waals surface area contributed by atoms with Gasteiger partial charge < -0.3 is 4.74 Å². The van der Waals surface area contributed by atoms with Crippen LogP contribution in [0, 0.1) is 0 Å². The number of methoxy groups -OCH3 is 1. The van der Waals surface area contributed by atoms with Gasteiger partial charge in [-0.15, -0.1) is 0 Å². The first-order valence-electron chi connectivity index (χ1n) is 5.63. The van der Waals surface area contributed by atoms with Crippen LogP contribution >= 0.6 is 0 Å². The minimum absolute atomic E-state index is 0.00868. The van der Waals surface area contributed by atoms with Crippen LogP contribution < -0.4 is 0 Å². The zero-order valence-corrected chi connectivity index (χ0v) is 11.4. The van der Waals surface area contributed by atoms with Gasteiger partial charge in [0.15, 0.2) is 9.84 Å². The normalized spacial score (nSPS) is 12.2. The van der Waals surface area contributed by atoms with Crippen molar-refractivity contribution in [1.82, 2.24) is 0 Å². The molecule has 0 heterocycles. The summed E-state index contributed by atoms with van der Waals surface area (Å²) in [6.45, 7) is 0. The molecule has 0 atom stereocenters. The Morgan fingerprint density at radius 2 is 1.95 bits per heavy atom. The van der Waals surface area contributed by atoms with Crippen LogP contribution in [0.3, 0.4) is 0 Å².